The molecule has 0 unspecified atom stereocenters. The van der Waals surface area contributed by atoms with Crippen LogP contribution in [0.3, 0.4) is 0 Å². The Morgan fingerprint density at radius 3 is 2.85 bits per heavy atom. The lowest BCUT2D eigenvalue weighted by Gasteiger charge is -2.10. The van der Waals surface area contributed by atoms with Gasteiger partial charge in [0.1, 0.15) is 17.8 Å². The number of rotatable bonds is 5. The summed E-state index contributed by atoms with van der Waals surface area (Å²) in [4.78, 5) is 41.2. The van der Waals surface area contributed by atoms with E-state index in [9.17, 15) is 14.4 Å². The first-order valence-corrected chi connectivity index (χ1v) is 8.38. The Hall–Kier alpha value is -3.20. The third-order valence-corrected chi connectivity index (χ3v) is 3.90. The van der Waals surface area contributed by atoms with E-state index >= 15 is 0 Å². The van der Waals surface area contributed by atoms with Gasteiger partial charge in [0.25, 0.3) is 11.3 Å². The maximum absolute atomic E-state index is 12.8. The summed E-state index contributed by atoms with van der Waals surface area (Å²) in [5.41, 5.74) is -0.493. The van der Waals surface area contributed by atoms with Crippen LogP contribution in [0.15, 0.2) is 33.6 Å². The molecular formula is C17H15ClN4O5. The van der Waals surface area contributed by atoms with Gasteiger partial charge < -0.3 is 14.6 Å². The second-order valence-corrected chi connectivity index (χ2v) is 5.98. The molecule has 0 bridgehead atoms. The van der Waals surface area contributed by atoms with E-state index in [2.05, 4.69) is 15.5 Å². The average molecular weight is 391 g/mol. The van der Waals surface area contributed by atoms with Crippen LogP contribution < -0.4 is 10.9 Å². The molecule has 2 aromatic heterocycles. The van der Waals surface area contributed by atoms with Crippen LogP contribution in [0.5, 0.6) is 0 Å². The summed E-state index contributed by atoms with van der Waals surface area (Å²) in [5.74, 6) is -1.02. The number of ether oxygens (including phenoxy) is 1. The molecule has 0 spiro atoms. The number of hydrogen-bond donors (Lipinski definition) is 1. The number of carbonyl (C=O) groups is 2. The number of nitrogens with zero attached hydrogens (tertiary/aromatic N) is 3. The number of esters is 1. The van der Waals surface area contributed by atoms with Crippen molar-refractivity contribution in [3.8, 4) is 0 Å². The minimum Gasteiger partial charge on any atom is -0.461 e. The van der Waals surface area contributed by atoms with Gasteiger partial charge >= 0.3 is 5.97 Å². The summed E-state index contributed by atoms with van der Waals surface area (Å²) < 4.78 is 10.9. The van der Waals surface area contributed by atoms with Crippen molar-refractivity contribution in [3.63, 3.8) is 0 Å². The zero-order chi connectivity index (χ0) is 19.6. The summed E-state index contributed by atoms with van der Waals surface area (Å²) in [5, 5.41) is 6.55. The number of aromatic nitrogens is 3. The Kier molecular flexibility index (Phi) is 5.22. The molecule has 2 heterocycles. The third-order valence-electron chi connectivity index (χ3n) is 3.67. The molecule has 0 aliphatic heterocycles. The molecule has 9 nitrogen and oxygen atoms in total. The Balaban J connectivity index is 1.94. The smallest absolute Gasteiger partial charge is 0.361 e. The van der Waals surface area contributed by atoms with E-state index < -0.39 is 17.4 Å². The summed E-state index contributed by atoms with van der Waals surface area (Å²) in [6, 6.07) is 6.60. The monoisotopic (exact) mass is 390 g/mol. The zero-order valence-electron chi connectivity index (χ0n) is 14.5. The fraction of sp³-hybridized carbons (Fsp3) is 0.235. The molecule has 27 heavy (non-hydrogen) atoms. The molecule has 3 rings (SSSR count). The number of aryl methyl sites for hydroxylation is 1. The van der Waals surface area contributed by atoms with Gasteiger partial charge in [0, 0.05) is 10.7 Å². The molecule has 0 aliphatic rings. The van der Waals surface area contributed by atoms with Gasteiger partial charge in [-0.3, -0.25) is 14.2 Å². The minimum absolute atomic E-state index is 0.0907. The maximum Gasteiger partial charge on any atom is 0.361 e. The quantitative estimate of drug-likeness (QED) is 0.663. The first-order valence-electron chi connectivity index (χ1n) is 8.00. The molecule has 3 aromatic rings. The van der Waals surface area contributed by atoms with Gasteiger partial charge in [-0.1, -0.05) is 22.8 Å². The normalized spacial score (nSPS) is 10.8. The zero-order valence-corrected chi connectivity index (χ0v) is 15.2. The number of halogens is 1. The van der Waals surface area contributed by atoms with Crippen molar-refractivity contribution >= 4 is 40.3 Å². The van der Waals surface area contributed by atoms with E-state index in [-0.39, 0.29) is 35.8 Å². The van der Waals surface area contributed by atoms with Gasteiger partial charge in [0.05, 0.1) is 6.61 Å². The highest BCUT2D eigenvalue weighted by Crippen LogP contribution is 2.16. The van der Waals surface area contributed by atoms with Gasteiger partial charge in [-0.15, -0.1) is 0 Å². The van der Waals surface area contributed by atoms with E-state index in [1.165, 1.54) is 0 Å². The highest BCUT2D eigenvalue weighted by atomic mass is 35.5. The van der Waals surface area contributed by atoms with Crippen LogP contribution >= 0.6 is 11.6 Å². The van der Waals surface area contributed by atoms with E-state index in [4.69, 9.17) is 20.9 Å². The molecule has 140 valence electrons. The second-order valence-electron chi connectivity index (χ2n) is 5.54. The SMILES string of the molecule is CCOC(=O)c1noc2nc(C)n(CC(=O)Nc3cccc(Cl)c3)c(=O)c12. The van der Waals surface area contributed by atoms with Crippen molar-refractivity contribution < 1.29 is 18.8 Å². The predicted octanol–water partition coefficient (Wildman–Crippen LogP) is 2.16. The number of hydrogen-bond acceptors (Lipinski definition) is 7. The van der Waals surface area contributed by atoms with Gasteiger partial charge in [0.2, 0.25) is 11.6 Å². The van der Waals surface area contributed by atoms with E-state index in [1.54, 1.807) is 38.1 Å². The number of benzene rings is 1. The summed E-state index contributed by atoms with van der Waals surface area (Å²) in [6.07, 6.45) is 0. The van der Waals surface area contributed by atoms with Crippen molar-refractivity contribution in [2.24, 2.45) is 0 Å². The standard InChI is InChI=1S/C17H15ClN4O5/c1-3-26-17(25)14-13-15(27-21-14)19-9(2)22(16(13)24)8-12(23)20-11-6-4-5-10(18)7-11/h4-7H,3,8H2,1-2H3,(H,20,23). The van der Waals surface area contributed by atoms with E-state index in [0.717, 1.165) is 4.57 Å². The largest absolute Gasteiger partial charge is 0.461 e. The summed E-state index contributed by atoms with van der Waals surface area (Å²) in [7, 11) is 0. The fourth-order valence-corrected chi connectivity index (χ4v) is 2.67. The molecule has 1 N–H and O–H groups in total. The van der Waals surface area contributed by atoms with Crippen LogP contribution in [0.2, 0.25) is 5.02 Å². The Morgan fingerprint density at radius 2 is 2.15 bits per heavy atom. The fourth-order valence-electron chi connectivity index (χ4n) is 2.48. The first kappa shape index (κ1) is 18.6. The number of anilines is 1. The van der Waals surface area contributed by atoms with Crippen LogP contribution in [-0.2, 0) is 16.1 Å². The molecule has 0 aliphatic carbocycles. The van der Waals surface area contributed by atoms with Crippen molar-refractivity contribution in [1.29, 1.82) is 0 Å². The van der Waals surface area contributed by atoms with Crippen molar-refractivity contribution in [2.45, 2.75) is 20.4 Å². The van der Waals surface area contributed by atoms with Crippen molar-refractivity contribution in [1.82, 2.24) is 14.7 Å². The average Bonchev–Trinajstić information content (AvgIpc) is 3.03. The molecule has 1 aromatic carbocycles. The predicted molar refractivity (Wildman–Crippen MR) is 96.8 cm³/mol. The van der Waals surface area contributed by atoms with E-state index in [1.807, 2.05) is 0 Å². The third kappa shape index (κ3) is 3.82. The molecule has 10 heteroatoms. The Labute approximate surface area is 157 Å². The molecule has 0 atom stereocenters. The number of nitrogens with one attached hydrogen (secondary N) is 1. The van der Waals surface area contributed by atoms with Crippen LogP contribution in [0, 0.1) is 6.92 Å². The van der Waals surface area contributed by atoms with Gasteiger partial charge in [0.15, 0.2) is 0 Å². The Morgan fingerprint density at radius 1 is 1.37 bits per heavy atom. The van der Waals surface area contributed by atoms with Crippen LogP contribution in [0.25, 0.3) is 11.1 Å². The molecular weight excluding hydrogens is 376 g/mol. The van der Waals surface area contributed by atoms with Gasteiger partial charge in [-0.25, -0.2) is 4.79 Å². The second kappa shape index (κ2) is 7.58. The summed E-state index contributed by atoms with van der Waals surface area (Å²) in [6.45, 7) is 2.97. The lowest BCUT2D eigenvalue weighted by Crippen LogP contribution is -2.30. The molecule has 0 saturated carbocycles. The lowest BCUT2D eigenvalue weighted by atomic mass is 10.3. The van der Waals surface area contributed by atoms with Crippen molar-refractivity contribution in [2.75, 3.05) is 11.9 Å². The highest BCUT2D eigenvalue weighted by molar-refractivity contribution is 6.30. The topological polar surface area (TPSA) is 116 Å². The van der Waals surface area contributed by atoms with Gasteiger partial charge in [-0.05, 0) is 32.0 Å². The minimum atomic E-state index is -0.797. The molecule has 0 saturated heterocycles. The Bertz CT molecular complexity index is 1090. The molecule has 0 fully saturated rings. The lowest BCUT2D eigenvalue weighted by molar-refractivity contribution is -0.116. The van der Waals surface area contributed by atoms with Crippen molar-refractivity contribution in [3.05, 3.63) is 51.2 Å². The maximum atomic E-state index is 12.8. The van der Waals surface area contributed by atoms with E-state index in [0.29, 0.717) is 10.7 Å². The van der Waals surface area contributed by atoms with Crippen LogP contribution in [-0.4, -0.2) is 33.2 Å². The number of carbonyl (C=O) groups excluding carboxylic acids is 2. The first-order chi connectivity index (χ1) is 12.9. The van der Waals surface area contributed by atoms with Crippen LogP contribution in [0.1, 0.15) is 23.2 Å². The van der Waals surface area contributed by atoms with Crippen LogP contribution in [0.4, 0.5) is 5.69 Å². The van der Waals surface area contributed by atoms with Gasteiger partial charge in [-0.2, -0.15) is 4.98 Å². The molecule has 1 amide bonds. The highest BCUT2D eigenvalue weighted by Gasteiger charge is 2.24. The molecule has 0 radical (unpaired) electrons. The number of fused-ring (bicyclic) bond motifs is 1. The number of amides is 1. The summed E-state index contributed by atoms with van der Waals surface area (Å²) >= 11 is 5.89.